The summed E-state index contributed by atoms with van der Waals surface area (Å²) in [5, 5.41) is 23.0. The molecule has 1 N–H and O–H groups in total. The van der Waals surface area contributed by atoms with Gasteiger partial charge in [-0.15, -0.1) is 0 Å². The first-order valence-electron chi connectivity index (χ1n) is 10.1. The zero-order chi connectivity index (χ0) is 26.5. The van der Waals surface area contributed by atoms with E-state index < -0.39 is 26.5 Å². The smallest absolute Gasteiger partial charge is 0.339 e. The third-order valence-electron chi connectivity index (χ3n) is 4.75. The van der Waals surface area contributed by atoms with Crippen LogP contribution in [0.3, 0.4) is 0 Å². The molecule has 0 aliphatic rings. The van der Waals surface area contributed by atoms with Gasteiger partial charge in [-0.1, -0.05) is 35.9 Å². The molecule has 10 nitrogen and oxygen atoms in total. The van der Waals surface area contributed by atoms with Gasteiger partial charge in [-0.3, -0.25) is 14.9 Å². The Morgan fingerprint density at radius 2 is 1.86 bits per heavy atom. The van der Waals surface area contributed by atoms with Crippen LogP contribution in [0.4, 0.5) is 11.4 Å². The Labute approximate surface area is 211 Å². The lowest BCUT2D eigenvalue weighted by Gasteiger charge is -2.13. The second-order valence-corrected chi connectivity index (χ2v) is 9.24. The third-order valence-corrected chi connectivity index (χ3v) is 6.27. The molecule has 0 fully saturated rings. The van der Waals surface area contributed by atoms with Crippen LogP contribution in [0.2, 0.25) is 5.02 Å². The van der Waals surface area contributed by atoms with Crippen molar-refractivity contribution in [1.29, 1.82) is 5.26 Å². The molecule has 0 bridgehead atoms. The molecule has 3 aromatic carbocycles. The molecular formula is C24H18ClN3O7S. The number of aryl methyl sites for hydroxylation is 1. The van der Waals surface area contributed by atoms with Crippen LogP contribution in [-0.2, 0) is 14.9 Å². The fraction of sp³-hybridized carbons (Fsp3) is 0.0833. The third kappa shape index (κ3) is 5.99. The maximum atomic E-state index is 12.7. The number of nitro groups is 1. The summed E-state index contributed by atoms with van der Waals surface area (Å²) in [7, 11) is -2.96. The highest BCUT2D eigenvalue weighted by atomic mass is 35.5. The Morgan fingerprint density at radius 1 is 1.17 bits per heavy atom. The van der Waals surface area contributed by atoms with Crippen LogP contribution in [0.15, 0.2) is 71.1 Å². The highest BCUT2D eigenvalue weighted by molar-refractivity contribution is 7.87. The molecule has 1 amide bonds. The van der Waals surface area contributed by atoms with E-state index in [2.05, 4.69) is 5.32 Å². The van der Waals surface area contributed by atoms with Gasteiger partial charge in [-0.25, -0.2) is 0 Å². The highest BCUT2D eigenvalue weighted by Gasteiger charge is 2.23. The van der Waals surface area contributed by atoms with Crippen molar-refractivity contribution in [3.8, 4) is 17.6 Å². The minimum atomic E-state index is -4.22. The summed E-state index contributed by atoms with van der Waals surface area (Å²) in [6.07, 6.45) is 1.17. The maximum absolute atomic E-state index is 12.7. The van der Waals surface area contributed by atoms with Crippen LogP contribution >= 0.6 is 11.6 Å². The van der Waals surface area contributed by atoms with E-state index in [9.17, 15) is 28.6 Å². The average Bonchev–Trinajstić information content (AvgIpc) is 2.85. The van der Waals surface area contributed by atoms with Gasteiger partial charge in [0.25, 0.3) is 11.6 Å². The van der Waals surface area contributed by atoms with Crippen LogP contribution in [0.5, 0.6) is 11.5 Å². The number of hydrogen-bond donors (Lipinski definition) is 1. The molecule has 36 heavy (non-hydrogen) atoms. The second kappa shape index (κ2) is 10.9. The van der Waals surface area contributed by atoms with Crippen molar-refractivity contribution in [2.24, 2.45) is 0 Å². The topological polar surface area (TPSA) is 149 Å². The number of ether oxygens (including phenoxy) is 1. The van der Waals surface area contributed by atoms with Gasteiger partial charge in [0, 0.05) is 6.07 Å². The predicted octanol–water partition coefficient (Wildman–Crippen LogP) is 4.88. The molecule has 0 aliphatic heterocycles. The maximum Gasteiger partial charge on any atom is 0.339 e. The van der Waals surface area contributed by atoms with E-state index >= 15 is 0 Å². The molecule has 0 heterocycles. The lowest BCUT2D eigenvalue weighted by Crippen LogP contribution is -2.14. The number of benzene rings is 3. The number of nitrogens with zero attached hydrogens (tertiary/aromatic N) is 2. The number of nitro benzene ring substituents is 1. The van der Waals surface area contributed by atoms with Crippen LogP contribution in [-0.4, -0.2) is 26.4 Å². The first-order chi connectivity index (χ1) is 17.1. The van der Waals surface area contributed by atoms with Crippen molar-refractivity contribution in [3.05, 3.63) is 92.5 Å². The first-order valence-corrected chi connectivity index (χ1v) is 11.9. The number of rotatable bonds is 8. The van der Waals surface area contributed by atoms with Crippen LogP contribution < -0.4 is 14.2 Å². The second-order valence-electron chi connectivity index (χ2n) is 7.29. The quantitative estimate of drug-likeness (QED) is 0.143. The van der Waals surface area contributed by atoms with Gasteiger partial charge < -0.3 is 14.2 Å². The zero-order valence-electron chi connectivity index (χ0n) is 18.9. The molecule has 3 rings (SSSR count). The number of methoxy groups -OCH3 is 1. The molecule has 0 saturated carbocycles. The summed E-state index contributed by atoms with van der Waals surface area (Å²) in [4.78, 5) is 23.2. The fourth-order valence-electron chi connectivity index (χ4n) is 3.05. The summed E-state index contributed by atoms with van der Waals surface area (Å²) in [5.74, 6) is -1.25. The Morgan fingerprint density at radius 3 is 2.47 bits per heavy atom. The number of halogens is 1. The van der Waals surface area contributed by atoms with E-state index in [0.29, 0.717) is 5.56 Å². The minimum absolute atomic E-state index is 0.0693. The van der Waals surface area contributed by atoms with Crippen molar-refractivity contribution >= 4 is 45.1 Å². The van der Waals surface area contributed by atoms with Gasteiger partial charge in [0.1, 0.15) is 22.2 Å². The van der Waals surface area contributed by atoms with Crippen molar-refractivity contribution in [1.82, 2.24) is 0 Å². The van der Waals surface area contributed by atoms with Gasteiger partial charge in [0.2, 0.25) is 5.75 Å². The minimum Gasteiger partial charge on any atom is -0.493 e. The molecule has 3 aromatic rings. The van der Waals surface area contributed by atoms with E-state index in [-0.39, 0.29) is 38.4 Å². The Bertz CT molecular complexity index is 1510. The molecule has 0 aromatic heterocycles. The number of carbonyl (C=O) groups is 1. The monoisotopic (exact) mass is 527 g/mol. The number of nitriles is 1. The van der Waals surface area contributed by atoms with E-state index in [1.807, 2.05) is 0 Å². The summed E-state index contributed by atoms with van der Waals surface area (Å²) >= 11 is 6.26. The summed E-state index contributed by atoms with van der Waals surface area (Å²) < 4.78 is 35.6. The van der Waals surface area contributed by atoms with Crippen molar-refractivity contribution in [2.45, 2.75) is 11.8 Å². The normalized spacial score (nSPS) is 11.3. The lowest BCUT2D eigenvalue weighted by atomic mass is 10.1. The Kier molecular flexibility index (Phi) is 7.93. The first kappa shape index (κ1) is 26.2. The predicted molar refractivity (Wildman–Crippen MR) is 132 cm³/mol. The van der Waals surface area contributed by atoms with E-state index in [1.165, 1.54) is 61.7 Å². The van der Waals surface area contributed by atoms with Crippen LogP contribution in [0.25, 0.3) is 6.08 Å². The fourth-order valence-corrected chi connectivity index (χ4v) is 4.33. The average molecular weight is 528 g/mol. The highest BCUT2D eigenvalue weighted by Crippen LogP contribution is 2.39. The molecule has 0 radical (unpaired) electrons. The Balaban J connectivity index is 1.93. The molecule has 0 aliphatic carbocycles. The molecular weight excluding hydrogens is 510 g/mol. The number of anilines is 1. The summed E-state index contributed by atoms with van der Waals surface area (Å²) in [5.41, 5.74) is 0.0303. The van der Waals surface area contributed by atoms with Crippen LogP contribution in [0.1, 0.15) is 11.1 Å². The Hall–Kier alpha value is -4.40. The van der Waals surface area contributed by atoms with Gasteiger partial charge in [0.05, 0.1) is 17.1 Å². The number of amides is 1. The lowest BCUT2D eigenvalue weighted by molar-refractivity contribution is -0.384. The van der Waals surface area contributed by atoms with Gasteiger partial charge >= 0.3 is 10.1 Å². The summed E-state index contributed by atoms with van der Waals surface area (Å²) in [6, 6.07) is 16.0. The molecule has 0 unspecified atom stereocenters. The van der Waals surface area contributed by atoms with E-state index in [4.69, 9.17) is 20.5 Å². The molecule has 0 spiro atoms. The summed E-state index contributed by atoms with van der Waals surface area (Å²) in [6.45, 7) is 1.66. The van der Waals surface area contributed by atoms with Crippen molar-refractivity contribution in [2.75, 3.05) is 12.4 Å². The molecule has 0 atom stereocenters. The van der Waals surface area contributed by atoms with E-state index in [0.717, 1.165) is 0 Å². The number of hydrogen-bond acceptors (Lipinski definition) is 8. The SMILES string of the molecule is COc1cc(/C=C(\C#N)C(=O)Nc2ccc(C)cc2[N+](=O)[O-])cc(Cl)c1OS(=O)(=O)c1ccccc1. The van der Waals surface area contributed by atoms with Crippen molar-refractivity contribution in [3.63, 3.8) is 0 Å². The number of carbonyl (C=O) groups excluding carboxylic acids is 1. The number of nitrogens with one attached hydrogen (secondary N) is 1. The van der Waals surface area contributed by atoms with E-state index in [1.54, 1.807) is 25.1 Å². The molecule has 12 heteroatoms. The van der Waals surface area contributed by atoms with Gasteiger partial charge in [0.15, 0.2) is 5.75 Å². The molecule has 184 valence electrons. The zero-order valence-corrected chi connectivity index (χ0v) is 20.5. The molecule has 0 saturated heterocycles. The van der Waals surface area contributed by atoms with Gasteiger partial charge in [-0.2, -0.15) is 13.7 Å². The largest absolute Gasteiger partial charge is 0.493 e. The standard InChI is InChI=1S/C24H18ClN3O7S/c1-15-8-9-20(21(10-15)28(30)31)27-24(29)17(14-26)11-16-12-19(25)23(22(13-16)34-2)35-36(32,33)18-6-4-3-5-7-18/h3-13H,1-2H3,(H,27,29)/b17-11+. The van der Waals surface area contributed by atoms with Crippen LogP contribution in [0, 0.1) is 28.4 Å². The van der Waals surface area contributed by atoms with Gasteiger partial charge in [-0.05, 0) is 54.5 Å². The van der Waals surface area contributed by atoms with Crippen molar-refractivity contribution < 1.29 is 27.1 Å².